The fourth-order valence-electron chi connectivity index (χ4n) is 1.57. The Bertz CT molecular complexity index is 305. The van der Waals surface area contributed by atoms with Crippen molar-refractivity contribution in [3.05, 3.63) is 48.0 Å². The van der Waals surface area contributed by atoms with Crippen LogP contribution in [0.25, 0.3) is 0 Å². The molecule has 0 saturated heterocycles. The van der Waals surface area contributed by atoms with Crippen LogP contribution in [0.4, 0.5) is 0 Å². The summed E-state index contributed by atoms with van der Waals surface area (Å²) in [7, 11) is 0. The summed E-state index contributed by atoms with van der Waals surface area (Å²) in [6, 6.07) is 9.77. The van der Waals surface area contributed by atoms with Gasteiger partial charge in [-0.3, -0.25) is 0 Å². The highest BCUT2D eigenvalue weighted by molar-refractivity contribution is 5.29. The molecular weight excluding hydrogens is 164 g/mol. The number of hydrogen-bond donors (Lipinski definition) is 1. The molecule has 1 atom stereocenters. The van der Waals surface area contributed by atoms with Gasteiger partial charge in [-0.25, -0.2) is 0 Å². The van der Waals surface area contributed by atoms with Gasteiger partial charge in [0.1, 0.15) is 5.60 Å². The second-order valence-electron chi connectivity index (χ2n) is 3.13. The highest BCUT2D eigenvalue weighted by Gasteiger charge is 2.31. The molecule has 1 unspecified atom stereocenters. The first-order valence-corrected chi connectivity index (χ1v) is 4.35. The van der Waals surface area contributed by atoms with Crippen molar-refractivity contribution in [2.45, 2.75) is 5.60 Å². The van der Waals surface area contributed by atoms with Crippen LogP contribution in [0.2, 0.25) is 0 Å². The van der Waals surface area contributed by atoms with Gasteiger partial charge in [0.25, 0.3) is 0 Å². The van der Waals surface area contributed by atoms with E-state index in [2.05, 4.69) is 0 Å². The van der Waals surface area contributed by atoms with E-state index in [0.29, 0.717) is 6.61 Å². The molecule has 0 aromatic heterocycles. The number of aliphatic hydroxyl groups excluding tert-OH is 1. The molecule has 0 fully saturated rings. The van der Waals surface area contributed by atoms with E-state index in [1.54, 1.807) is 0 Å². The molecule has 1 aliphatic heterocycles. The summed E-state index contributed by atoms with van der Waals surface area (Å²) in [5.41, 5.74) is 0.410. The minimum absolute atomic E-state index is 0.00644. The molecule has 0 saturated carbocycles. The van der Waals surface area contributed by atoms with Crippen LogP contribution in [-0.4, -0.2) is 18.3 Å². The number of hydrogen-bond acceptors (Lipinski definition) is 2. The van der Waals surface area contributed by atoms with Gasteiger partial charge in [-0.05, 0) is 11.6 Å². The Hall–Kier alpha value is -1.12. The summed E-state index contributed by atoms with van der Waals surface area (Å²) in [4.78, 5) is 0. The number of ether oxygens (including phenoxy) is 1. The Morgan fingerprint density at radius 2 is 2.08 bits per heavy atom. The summed E-state index contributed by atoms with van der Waals surface area (Å²) in [5, 5.41) is 9.29. The number of aliphatic hydroxyl groups is 1. The van der Waals surface area contributed by atoms with E-state index < -0.39 is 5.60 Å². The molecule has 2 nitrogen and oxygen atoms in total. The normalized spacial score (nSPS) is 26.5. The summed E-state index contributed by atoms with van der Waals surface area (Å²) in [6.45, 7) is 0.572. The van der Waals surface area contributed by atoms with Crippen molar-refractivity contribution in [2.75, 3.05) is 13.2 Å². The quantitative estimate of drug-likeness (QED) is 0.691. The van der Waals surface area contributed by atoms with Gasteiger partial charge in [-0.1, -0.05) is 36.4 Å². The lowest BCUT2D eigenvalue weighted by atomic mass is 9.95. The smallest absolute Gasteiger partial charge is 0.135 e. The Morgan fingerprint density at radius 3 is 2.62 bits per heavy atom. The number of rotatable bonds is 2. The van der Waals surface area contributed by atoms with Crippen molar-refractivity contribution in [3.63, 3.8) is 0 Å². The average molecular weight is 176 g/mol. The molecule has 1 aromatic carbocycles. The molecule has 0 radical (unpaired) electrons. The Morgan fingerprint density at radius 1 is 1.31 bits per heavy atom. The van der Waals surface area contributed by atoms with Crippen molar-refractivity contribution in [2.24, 2.45) is 0 Å². The minimum atomic E-state index is -0.596. The molecule has 2 heteroatoms. The first-order valence-electron chi connectivity index (χ1n) is 4.35. The zero-order valence-corrected chi connectivity index (χ0v) is 7.31. The fraction of sp³-hybridized carbons (Fsp3) is 0.273. The maximum absolute atomic E-state index is 9.29. The largest absolute Gasteiger partial charge is 0.393 e. The van der Waals surface area contributed by atoms with Crippen LogP contribution >= 0.6 is 0 Å². The van der Waals surface area contributed by atoms with Crippen LogP contribution in [0.15, 0.2) is 42.5 Å². The molecule has 1 N–H and O–H groups in total. The topological polar surface area (TPSA) is 29.5 Å². The van der Waals surface area contributed by atoms with Crippen molar-refractivity contribution >= 4 is 0 Å². The van der Waals surface area contributed by atoms with Crippen LogP contribution in [0.3, 0.4) is 0 Å². The highest BCUT2D eigenvalue weighted by Crippen LogP contribution is 2.30. The molecule has 0 aliphatic carbocycles. The lowest BCUT2D eigenvalue weighted by Crippen LogP contribution is -2.28. The predicted molar refractivity (Wildman–Crippen MR) is 50.3 cm³/mol. The first-order chi connectivity index (χ1) is 6.37. The van der Waals surface area contributed by atoms with Crippen LogP contribution in [0.1, 0.15) is 5.56 Å². The standard InChI is InChI=1S/C11H12O2/c12-9-11(7-4-8-13-11)10-5-2-1-3-6-10/h1-7,12H,8-9H2. The van der Waals surface area contributed by atoms with E-state index >= 15 is 0 Å². The third-order valence-electron chi connectivity index (χ3n) is 2.32. The predicted octanol–water partition coefficient (Wildman–Crippen LogP) is 1.46. The average Bonchev–Trinajstić information content (AvgIpc) is 2.69. The monoisotopic (exact) mass is 176 g/mol. The molecule has 0 spiro atoms. The summed E-state index contributed by atoms with van der Waals surface area (Å²) in [5.74, 6) is 0. The Labute approximate surface area is 77.5 Å². The van der Waals surface area contributed by atoms with Crippen molar-refractivity contribution < 1.29 is 9.84 Å². The van der Waals surface area contributed by atoms with Gasteiger partial charge in [0.15, 0.2) is 0 Å². The summed E-state index contributed by atoms with van der Waals surface area (Å²) >= 11 is 0. The summed E-state index contributed by atoms with van der Waals surface area (Å²) < 4.78 is 5.51. The van der Waals surface area contributed by atoms with Gasteiger partial charge in [-0.15, -0.1) is 0 Å². The third-order valence-corrected chi connectivity index (χ3v) is 2.32. The van der Waals surface area contributed by atoms with Gasteiger partial charge >= 0.3 is 0 Å². The van der Waals surface area contributed by atoms with Gasteiger partial charge in [0.2, 0.25) is 0 Å². The molecule has 0 amide bonds. The molecule has 1 aliphatic rings. The number of benzene rings is 1. The molecular formula is C11H12O2. The zero-order valence-electron chi connectivity index (χ0n) is 7.31. The van der Waals surface area contributed by atoms with E-state index in [1.807, 2.05) is 42.5 Å². The molecule has 1 heterocycles. The van der Waals surface area contributed by atoms with E-state index in [9.17, 15) is 5.11 Å². The SMILES string of the molecule is OCC1(c2ccccc2)C=CCO1. The van der Waals surface area contributed by atoms with Crippen molar-refractivity contribution in [1.82, 2.24) is 0 Å². The molecule has 68 valence electrons. The Balaban J connectivity index is 2.37. The van der Waals surface area contributed by atoms with E-state index in [0.717, 1.165) is 5.56 Å². The molecule has 13 heavy (non-hydrogen) atoms. The summed E-state index contributed by atoms with van der Waals surface area (Å²) in [6.07, 6.45) is 3.85. The fourth-order valence-corrected chi connectivity index (χ4v) is 1.57. The van der Waals surface area contributed by atoms with Gasteiger partial charge in [0.05, 0.1) is 13.2 Å². The van der Waals surface area contributed by atoms with Gasteiger partial charge in [0, 0.05) is 0 Å². The van der Waals surface area contributed by atoms with Crippen LogP contribution in [0, 0.1) is 0 Å². The zero-order chi connectivity index (χ0) is 9.15. The maximum atomic E-state index is 9.29. The van der Waals surface area contributed by atoms with Crippen LogP contribution in [0.5, 0.6) is 0 Å². The van der Waals surface area contributed by atoms with Crippen LogP contribution in [-0.2, 0) is 10.3 Å². The van der Waals surface area contributed by atoms with E-state index in [1.165, 1.54) is 0 Å². The second kappa shape index (κ2) is 3.32. The first kappa shape index (κ1) is 8.48. The third kappa shape index (κ3) is 1.39. The molecule has 0 bridgehead atoms. The highest BCUT2D eigenvalue weighted by atomic mass is 16.5. The van der Waals surface area contributed by atoms with Gasteiger partial charge in [-0.2, -0.15) is 0 Å². The molecule has 2 rings (SSSR count). The lowest BCUT2D eigenvalue weighted by Gasteiger charge is -2.24. The Kier molecular flexibility index (Phi) is 2.17. The molecule has 1 aromatic rings. The van der Waals surface area contributed by atoms with Crippen molar-refractivity contribution in [1.29, 1.82) is 0 Å². The van der Waals surface area contributed by atoms with Crippen molar-refractivity contribution in [3.8, 4) is 0 Å². The van der Waals surface area contributed by atoms with Crippen LogP contribution < -0.4 is 0 Å². The lowest BCUT2D eigenvalue weighted by molar-refractivity contribution is -0.0216. The van der Waals surface area contributed by atoms with E-state index in [-0.39, 0.29) is 6.61 Å². The minimum Gasteiger partial charge on any atom is -0.393 e. The second-order valence-corrected chi connectivity index (χ2v) is 3.13. The van der Waals surface area contributed by atoms with E-state index in [4.69, 9.17) is 4.74 Å². The maximum Gasteiger partial charge on any atom is 0.135 e. The van der Waals surface area contributed by atoms with Gasteiger partial charge < -0.3 is 9.84 Å².